The molecule has 0 amide bonds. The van der Waals surface area contributed by atoms with Crippen molar-refractivity contribution in [1.29, 1.82) is 0 Å². The van der Waals surface area contributed by atoms with E-state index in [0.717, 1.165) is 75.6 Å². The molecular formula is C30H34F4N2O. The van der Waals surface area contributed by atoms with Crippen molar-refractivity contribution < 1.29 is 22.3 Å². The van der Waals surface area contributed by atoms with Gasteiger partial charge in [-0.1, -0.05) is 37.1 Å². The number of ether oxygens (including phenoxy) is 1. The molecular weight excluding hydrogens is 480 g/mol. The second kappa shape index (κ2) is 13.6. The Hall–Kier alpha value is -2.90. The SMILES string of the molecule is Fc1ccc(C(CCCCCN2CCN(CCOc3ccc(F)cc3F)CC2)c2ccc(F)cc2)cc1. The van der Waals surface area contributed by atoms with Crippen molar-refractivity contribution in [2.45, 2.75) is 31.6 Å². The normalized spacial score (nSPS) is 14.8. The highest BCUT2D eigenvalue weighted by Gasteiger charge is 2.18. The Morgan fingerprint density at radius 2 is 1.16 bits per heavy atom. The minimum Gasteiger partial charge on any atom is -0.489 e. The zero-order valence-electron chi connectivity index (χ0n) is 21.0. The van der Waals surface area contributed by atoms with E-state index in [4.69, 9.17) is 4.74 Å². The van der Waals surface area contributed by atoms with Crippen LogP contribution in [0, 0.1) is 23.3 Å². The molecule has 0 bridgehead atoms. The molecule has 198 valence electrons. The molecule has 1 heterocycles. The molecule has 3 nitrogen and oxygen atoms in total. The fraction of sp³-hybridized carbons (Fsp3) is 0.400. The molecule has 1 aliphatic heterocycles. The molecule has 0 spiro atoms. The summed E-state index contributed by atoms with van der Waals surface area (Å²) in [6.07, 6.45) is 4.17. The van der Waals surface area contributed by atoms with Gasteiger partial charge in [0.2, 0.25) is 0 Å². The fourth-order valence-electron chi connectivity index (χ4n) is 4.89. The third kappa shape index (κ3) is 8.30. The summed E-state index contributed by atoms with van der Waals surface area (Å²) in [5.74, 6) is -1.59. The Balaban J connectivity index is 1.14. The predicted octanol–water partition coefficient (Wildman–Crippen LogP) is 6.63. The smallest absolute Gasteiger partial charge is 0.167 e. The van der Waals surface area contributed by atoms with Gasteiger partial charge in [-0.2, -0.15) is 0 Å². The third-order valence-corrected chi connectivity index (χ3v) is 7.04. The first-order valence-electron chi connectivity index (χ1n) is 13.0. The van der Waals surface area contributed by atoms with Crippen LogP contribution in [0.1, 0.15) is 42.7 Å². The van der Waals surface area contributed by atoms with E-state index in [0.29, 0.717) is 13.2 Å². The van der Waals surface area contributed by atoms with Gasteiger partial charge in [0.1, 0.15) is 24.1 Å². The van der Waals surface area contributed by atoms with E-state index in [2.05, 4.69) is 9.80 Å². The highest BCUT2D eigenvalue weighted by atomic mass is 19.1. The number of hydrogen-bond acceptors (Lipinski definition) is 3. The molecule has 0 radical (unpaired) electrons. The molecule has 4 rings (SSSR count). The van der Waals surface area contributed by atoms with Crippen LogP contribution in [0.5, 0.6) is 5.75 Å². The van der Waals surface area contributed by atoms with E-state index >= 15 is 0 Å². The zero-order chi connectivity index (χ0) is 26.0. The molecule has 0 N–H and O–H groups in total. The maximum atomic E-state index is 13.7. The van der Waals surface area contributed by atoms with Gasteiger partial charge in [0.15, 0.2) is 11.6 Å². The summed E-state index contributed by atoms with van der Waals surface area (Å²) in [7, 11) is 0. The maximum Gasteiger partial charge on any atom is 0.167 e. The van der Waals surface area contributed by atoms with Crippen LogP contribution < -0.4 is 4.74 Å². The zero-order valence-corrected chi connectivity index (χ0v) is 21.0. The van der Waals surface area contributed by atoms with E-state index in [1.54, 1.807) is 0 Å². The molecule has 1 saturated heterocycles. The standard InChI is InChI=1S/C30H34F4N2O/c31-25-9-5-23(6-10-25)28(24-7-11-26(32)12-8-24)4-2-1-3-15-35-16-18-36(19-17-35)20-21-37-30-14-13-27(33)22-29(30)34/h5-14,22,28H,1-4,15-21H2. The van der Waals surface area contributed by atoms with Gasteiger partial charge in [0.25, 0.3) is 0 Å². The Bertz CT molecular complexity index is 1050. The van der Waals surface area contributed by atoms with E-state index in [1.807, 2.05) is 24.3 Å². The lowest BCUT2D eigenvalue weighted by molar-refractivity contribution is 0.115. The first kappa shape index (κ1) is 27.1. The van der Waals surface area contributed by atoms with Crippen LogP contribution in [-0.2, 0) is 0 Å². The van der Waals surface area contributed by atoms with E-state index in [-0.39, 0.29) is 23.3 Å². The first-order chi connectivity index (χ1) is 18.0. The summed E-state index contributed by atoms with van der Waals surface area (Å²) in [6.45, 7) is 5.96. The van der Waals surface area contributed by atoms with Crippen LogP contribution in [-0.4, -0.2) is 55.7 Å². The molecule has 3 aromatic carbocycles. The molecule has 0 unspecified atom stereocenters. The lowest BCUT2D eigenvalue weighted by Gasteiger charge is -2.34. The van der Waals surface area contributed by atoms with E-state index in [1.165, 1.54) is 36.4 Å². The van der Waals surface area contributed by atoms with Crippen LogP contribution in [0.2, 0.25) is 0 Å². The maximum absolute atomic E-state index is 13.7. The van der Waals surface area contributed by atoms with Crippen molar-refractivity contribution >= 4 is 0 Å². The van der Waals surface area contributed by atoms with Gasteiger partial charge in [-0.15, -0.1) is 0 Å². The van der Waals surface area contributed by atoms with Crippen molar-refractivity contribution in [3.8, 4) is 5.75 Å². The number of halogens is 4. The fourth-order valence-corrected chi connectivity index (χ4v) is 4.89. The van der Waals surface area contributed by atoms with Gasteiger partial charge in [0.05, 0.1) is 0 Å². The number of rotatable bonds is 12. The molecule has 1 aliphatic rings. The molecule has 0 atom stereocenters. The van der Waals surface area contributed by atoms with Gasteiger partial charge in [-0.3, -0.25) is 4.90 Å². The van der Waals surface area contributed by atoms with Crippen LogP contribution in [0.4, 0.5) is 17.6 Å². The van der Waals surface area contributed by atoms with Gasteiger partial charge in [0, 0.05) is 44.7 Å². The van der Waals surface area contributed by atoms with Crippen LogP contribution in [0.15, 0.2) is 66.7 Å². The Kier molecular flexibility index (Phi) is 9.97. The van der Waals surface area contributed by atoms with Crippen LogP contribution >= 0.6 is 0 Å². The molecule has 0 saturated carbocycles. The molecule has 37 heavy (non-hydrogen) atoms. The highest BCUT2D eigenvalue weighted by molar-refractivity contribution is 5.32. The lowest BCUT2D eigenvalue weighted by atomic mass is 9.87. The summed E-state index contributed by atoms with van der Waals surface area (Å²) in [6, 6.07) is 16.6. The monoisotopic (exact) mass is 514 g/mol. The number of piperazine rings is 1. The molecule has 3 aromatic rings. The van der Waals surface area contributed by atoms with Crippen molar-refractivity contribution in [2.24, 2.45) is 0 Å². The topological polar surface area (TPSA) is 15.7 Å². The summed E-state index contributed by atoms with van der Waals surface area (Å²) in [4.78, 5) is 4.77. The van der Waals surface area contributed by atoms with E-state index in [9.17, 15) is 17.6 Å². The summed E-state index contributed by atoms with van der Waals surface area (Å²) in [5, 5.41) is 0. The highest BCUT2D eigenvalue weighted by Crippen LogP contribution is 2.30. The van der Waals surface area contributed by atoms with Gasteiger partial charge in [-0.25, -0.2) is 17.6 Å². The summed E-state index contributed by atoms with van der Waals surface area (Å²) in [5.41, 5.74) is 2.10. The second-order valence-corrected chi connectivity index (χ2v) is 9.61. The van der Waals surface area contributed by atoms with Crippen molar-refractivity contribution in [2.75, 3.05) is 45.9 Å². The number of benzene rings is 3. The quantitative estimate of drug-likeness (QED) is 0.199. The van der Waals surface area contributed by atoms with Gasteiger partial charge >= 0.3 is 0 Å². The molecule has 0 aromatic heterocycles. The first-order valence-corrected chi connectivity index (χ1v) is 13.0. The molecule has 0 aliphatic carbocycles. The number of unbranched alkanes of at least 4 members (excludes halogenated alkanes) is 2. The van der Waals surface area contributed by atoms with Crippen molar-refractivity contribution in [3.63, 3.8) is 0 Å². The lowest BCUT2D eigenvalue weighted by Crippen LogP contribution is -2.47. The van der Waals surface area contributed by atoms with Crippen LogP contribution in [0.25, 0.3) is 0 Å². The Morgan fingerprint density at radius 1 is 0.622 bits per heavy atom. The predicted molar refractivity (Wildman–Crippen MR) is 138 cm³/mol. The van der Waals surface area contributed by atoms with Crippen molar-refractivity contribution in [3.05, 3.63) is 101 Å². The molecule has 7 heteroatoms. The van der Waals surface area contributed by atoms with Gasteiger partial charge < -0.3 is 9.64 Å². The largest absolute Gasteiger partial charge is 0.489 e. The minimum absolute atomic E-state index is 0.0844. The minimum atomic E-state index is -0.675. The Morgan fingerprint density at radius 3 is 1.73 bits per heavy atom. The van der Waals surface area contributed by atoms with E-state index < -0.39 is 11.6 Å². The third-order valence-electron chi connectivity index (χ3n) is 7.04. The average Bonchev–Trinajstić information content (AvgIpc) is 2.90. The second-order valence-electron chi connectivity index (χ2n) is 9.61. The number of nitrogens with zero attached hydrogens (tertiary/aromatic N) is 2. The average molecular weight is 515 g/mol. The van der Waals surface area contributed by atoms with Gasteiger partial charge in [-0.05, 0) is 66.9 Å². The van der Waals surface area contributed by atoms with Crippen molar-refractivity contribution in [1.82, 2.24) is 9.80 Å². The molecule has 1 fully saturated rings. The summed E-state index contributed by atoms with van der Waals surface area (Å²) < 4.78 is 59.0. The summed E-state index contributed by atoms with van der Waals surface area (Å²) >= 11 is 0. The number of hydrogen-bond donors (Lipinski definition) is 0. The Labute approximate surface area is 216 Å². The van der Waals surface area contributed by atoms with Crippen LogP contribution in [0.3, 0.4) is 0 Å².